The van der Waals surface area contributed by atoms with E-state index in [1.807, 2.05) is 30.4 Å². The maximum atomic E-state index is 9.14. The fraction of sp³-hybridized carbons (Fsp3) is 0.0769. The molecule has 0 bridgehead atoms. The first-order chi connectivity index (χ1) is 6.84. The van der Waals surface area contributed by atoms with E-state index in [9.17, 15) is 0 Å². The summed E-state index contributed by atoms with van der Waals surface area (Å²) in [5, 5.41) is 9.14. The van der Waals surface area contributed by atoms with Crippen molar-refractivity contribution in [1.29, 1.82) is 0 Å². The first kappa shape index (κ1) is 8.82. The van der Waals surface area contributed by atoms with Crippen LogP contribution in [0.5, 0.6) is 0 Å². The van der Waals surface area contributed by atoms with Gasteiger partial charge in [-0.25, -0.2) is 0 Å². The van der Waals surface area contributed by atoms with Crippen LogP contribution in [0.25, 0.3) is 6.08 Å². The number of benzene rings is 1. The Morgan fingerprint density at radius 2 is 1.86 bits per heavy atom. The zero-order valence-electron chi connectivity index (χ0n) is 7.85. The molecule has 0 heterocycles. The molecule has 0 saturated heterocycles. The first-order valence-electron chi connectivity index (χ1n) is 4.67. The quantitative estimate of drug-likeness (QED) is 0.708. The molecule has 1 aromatic rings. The van der Waals surface area contributed by atoms with Crippen LogP contribution in [0.4, 0.5) is 0 Å². The van der Waals surface area contributed by atoms with E-state index in [1.165, 1.54) is 11.1 Å². The molecule has 0 radical (unpaired) electrons. The average Bonchev–Trinajstić information content (AvgIpc) is 2.23. The van der Waals surface area contributed by atoms with Crippen LogP contribution < -0.4 is 0 Å². The molecule has 0 amide bonds. The van der Waals surface area contributed by atoms with Crippen molar-refractivity contribution < 1.29 is 5.11 Å². The molecule has 0 unspecified atom stereocenters. The van der Waals surface area contributed by atoms with Crippen LogP contribution in [0.2, 0.25) is 0 Å². The lowest BCUT2D eigenvalue weighted by atomic mass is 10.0. The molecular weight excluding hydrogens is 172 g/mol. The zero-order chi connectivity index (χ0) is 9.80. The van der Waals surface area contributed by atoms with Gasteiger partial charge in [-0.15, -0.1) is 0 Å². The van der Waals surface area contributed by atoms with Crippen molar-refractivity contribution >= 4 is 6.08 Å². The first-order valence-corrected chi connectivity index (χ1v) is 4.67. The Morgan fingerprint density at radius 3 is 2.50 bits per heavy atom. The largest absolute Gasteiger partial charge is 0.508 e. The van der Waals surface area contributed by atoms with Gasteiger partial charge in [0.15, 0.2) is 0 Å². The van der Waals surface area contributed by atoms with E-state index in [-0.39, 0.29) is 0 Å². The summed E-state index contributed by atoms with van der Waals surface area (Å²) >= 11 is 0. The predicted octanol–water partition coefficient (Wildman–Crippen LogP) is 3.47. The van der Waals surface area contributed by atoms with E-state index in [4.69, 9.17) is 5.11 Å². The van der Waals surface area contributed by atoms with E-state index in [0.29, 0.717) is 5.76 Å². The maximum absolute atomic E-state index is 9.14. The zero-order valence-corrected chi connectivity index (χ0v) is 7.85. The molecule has 1 aliphatic rings. The van der Waals surface area contributed by atoms with Crippen molar-refractivity contribution in [2.75, 3.05) is 0 Å². The summed E-state index contributed by atoms with van der Waals surface area (Å²) in [4.78, 5) is 0. The lowest BCUT2D eigenvalue weighted by molar-refractivity contribution is 0.429. The fourth-order valence-electron chi connectivity index (χ4n) is 1.42. The highest BCUT2D eigenvalue weighted by Gasteiger charge is 1.98. The van der Waals surface area contributed by atoms with Gasteiger partial charge in [-0.2, -0.15) is 0 Å². The molecule has 1 aliphatic carbocycles. The molecule has 0 aliphatic heterocycles. The average molecular weight is 184 g/mol. The van der Waals surface area contributed by atoms with Gasteiger partial charge in [-0.3, -0.25) is 0 Å². The number of allylic oxidation sites excluding steroid dienone is 4. The predicted molar refractivity (Wildman–Crippen MR) is 58.9 cm³/mol. The van der Waals surface area contributed by atoms with E-state index in [0.717, 1.165) is 6.42 Å². The number of aliphatic hydroxyl groups excluding tert-OH is 1. The van der Waals surface area contributed by atoms with Gasteiger partial charge in [0.25, 0.3) is 0 Å². The standard InChI is InChI=1S/C13H12O/c14-13-8-6-12(7-9-13)10-11-4-2-1-3-5-11/h1-6,8-10,14H,7H2. The summed E-state index contributed by atoms with van der Waals surface area (Å²) in [5.41, 5.74) is 2.41. The molecule has 2 rings (SSSR count). The second-order valence-corrected chi connectivity index (χ2v) is 3.30. The second kappa shape index (κ2) is 3.97. The lowest BCUT2D eigenvalue weighted by Gasteiger charge is -2.04. The van der Waals surface area contributed by atoms with Gasteiger partial charge in [0, 0.05) is 0 Å². The minimum atomic E-state index is 0.357. The highest BCUT2D eigenvalue weighted by Crippen LogP contribution is 2.16. The molecule has 1 nitrogen and oxygen atoms in total. The highest BCUT2D eigenvalue weighted by molar-refractivity contribution is 5.57. The molecule has 0 fully saturated rings. The number of hydrogen-bond acceptors (Lipinski definition) is 1. The van der Waals surface area contributed by atoms with Gasteiger partial charge in [0.05, 0.1) is 0 Å². The monoisotopic (exact) mass is 184 g/mol. The summed E-state index contributed by atoms with van der Waals surface area (Å²) in [6.45, 7) is 0. The van der Waals surface area contributed by atoms with Gasteiger partial charge in [0.2, 0.25) is 0 Å². The fourth-order valence-corrected chi connectivity index (χ4v) is 1.42. The molecule has 0 saturated carbocycles. The van der Waals surface area contributed by atoms with Crippen LogP contribution in [-0.2, 0) is 0 Å². The minimum absolute atomic E-state index is 0.357. The molecule has 0 spiro atoms. The third kappa shape index (κ3) is 2.13. The summed E-state index contributed by atoms with van der Waals surface area (Å²) < 4.78 is 0. The Labute approximate surface area is 83.7 Å². The van der Waals surface area contributed by atoms with Gasteiger partial charge >= 0.3 is 0 Å². The van der Waals surface area contributed by atoms with Crippen LogP contribution in [0.1, 0.15) is 12.0 Å². The third-order valence-electron chi connectivity index (χ3n) is 2.17. The summed E-state index contributed by atoms with van der Waals surface area (Å²) in [6, 6.07) is 10.2. The van der Waals surface area contributed by atoms with Crippen LogP contribution in [-0.4, -0.2) is 5.11 Å². The molecule has 0 atom stereocenters. The van der Waals surface area contributed by atoms with Crippen LogP contribution in [0.3, 0.4) is 0 Å². The molecule has 1 aromatic carbocycles. The van der Waals surface area contributed by atoms with Crippen LogP contribution in [0, 0.1) is 0 Å². The summed E-state index contributed by atoms with van der Waals surface area (Å²) in [7, 11) is 0. The van der Waals surface area contributed by atoms with Gasteiger partial charge in [-0.1, -0.05) is 42.5 Å². The molecule has 0 aromatic heterocycles. The maximum Gasteiger partial charge on any atom is 0.111 e. The van der Waals surface area contributed by atoms with E-state index in [1.54, 1.807) is 6.08 Å². The third-order valence-corrected chi connectivity index (χ3v) is 2.17. The van der Waals surface area contributed by atoms with Crippen molar-refractivity contribution in [2.24, 2.45) is 0 Å². The topological polar surface area (TPSA) is 20.2 Å². The molecule has 1 N–H and O–H groups in total. The van der Waals surface area contributed by atoms with Crippen molar-refractivity contribution in [1.82, 2.24) is 0 Å². The van der Waals surface area contributed by atoms with E-state index < -0.39 is 0 Å². The van der Waals surface area contributed by atoms with Crippen molar-refractivity contribution in [3.05, 3.63) is 65.5 Å². The summed E-state index contributed by atoms with van der Waals surface area (Å²) in [6.07, 6.45) is 8.41. The Balaban J connectivity index is 2.18. The normalized spacial score (nSPS) is 18.3. The SMILES string of the molecule is OC1=CCC(=Cc2ccccc2)C=C1. The van der Waals surface area contributed by atoms with E-state index >= 15 is 0 Å². The Hall–Kier alpha value is -1.76. The van der Waals surface area contributed by atoms with Crippen LogP contribution >= 0.6 is 0 Å². The van der Waals surface area contributed by atoms with E-state index in [2.05, 4.69) is 18.2 Å². The molecule has 14 heavy (non-hydrogen) atoms. The Bertz CT molecular complexity index is 397. The summed E-state index contributed by atoms with van der Waals surface area (Å²) in [5.74, 6) is 0.357. The van der Waals surface area contributed by atoms with Gasteiger partial charge in [-0.05, 0) is 29.7 Å². The van der Waals surface area contributed by atoms with Crippen molar-refractivity contribution in [3.63, 3.8) is 0 Å². The number of aliphatic hydroxyl groups is 1. The molecule has 1 heteroatoms. The lowest BCUT2D eigenvalue weighted by Crippen LogP contribution is -1.86. The molecular formula is C13H12O. The van der Waals surface area contributed by atoms with Crippen molar-refractivity contribution in [2.45, 2.75) is 6.42 Å². The van der Waals surface area contributed by atoms with Gasteiger partial charge in [0.1, 0.15) is 5.76 Å². The molecule has 70 valence electrons. The Kier molecular flexibility index (Phi) is 2.50. The number of hydrogen-bond donors (Lipinski definition) is 1. The smallest absolute Gasteiger partial charge is 0.111 e. The Morgan fingerprint density at radius 1 is 1.07 bits per heavy atom. The second-order valence-electron chi connectivity index (χ2n) is 3.30. The minimum Gasteiger partial charge on any atom is -0.508 e. The van der Waals surface area contributed by atoms with Crippen molar-refractivity contribution in [3.8, 4) is 0 Å². The van der Waals surface area contributed by atoms with Gasteiger partial charge < -0.3 is 5.11 Å². The van der Waals surface area contributed by atoms with Crippen LogP contribution in [0.15, 0.2) is 59.9 Å². The number of rotatable bonds is 1. The highest BCUT2D eigenvalue weighted by atomic mass is 16.3.